The van der Waals surface area contributed by atoms with E-state index in [0.717, 1.165) is 50.3 Å². The van der Waals surface area contributed by atoms with Crippen LogP contribution in [0.1, 0.15) is 44.7 Å². The number of carbonyl (C=O) groups excluding carboxylic acids is 1. The van der Waals surface area contributed by atoms with E-state index in [2.05, 4.69) is 33.2 Å². The molecule has 27 heavy (non-hydrogen) atoms. The van der Waals surface area contributed by atoms with Gasteiger partial charge in [0.2, 0.25) is 5.91 Å². The summed E-state index contributed by atoms with van der Waals surface area (Å²) in [7, 11) is 0. The summed E-state index contributed by atoms with van der Waals surface area (Å²) in [5.41, 5.74) is 7.39. The number of fused-ring (bicyclic) bond motifs is 2. The van der Waals surface area contributed by atoms with Crippen LogP contribution in [0.5, 0.6) is 0 Å². The third-order valence-electron chi connectivity index (χ3n) is 6.52. The van der Waals surface area contributed by atoms with Crippen LogP contribution in [0.15, 0.2) is 12.4 Å². The molecule has 0 spiro atoms. The molecular weight excluding hydrogens is 385 g/mol. The number of aromatic nitrogens is 2. The maximum atomic E-state index is 12.7. The summed E-state index contributed by atoms with van der Waals surface area (Å²) in [5.74, 6) is 2.35. The van der Waals surface area contributed by atoms with Crippen molar-refractivity contribution >= 4 is 36.5 Å². The molecule has 3 aliphatic rings. The summed E-state index contributed by atoms with van der Waals surface area (Å²) in [5, 5.41) is 3.29. The van der Waals surface area contributed by atoms with Crippen LogP contribution in [0.25, 0.3) is 0 Å². The molecule has 0 aromatic carbocycles. The van der Waals surface area contributed by atoms with Gasteiger partial charge in [-0.2, -0.15) is 0 Å². The Morgan fingerprint density at radius 3 is 2.52 bits per heavy atom. The fourth-order valence-corrected chi connectivity index (χ4v) is 5.03. The Balaban J connectivity index is 0.00000131. The van der Waals surface area contributed by atoms with E-state index in [4.69, 9.17) is 5.73 Å². The van der Waals surface area contributed by atoms with Gasteiger partial charge in [-0.25, -0.2) is 9.97 Å². The van der Waals surface area contributed by atoms with Crippen molar-refractivity contribution in [3.63, 3.8) is 0 Å². The first-order chi connectivity index (χ1) is 12.2. The molecule has 152 valence electrons. The monoisotopic (exact) mass is 415 g/mol. The predicted octanol–water partition coefficient (Wildman–Crippen LogP) is 2.34. The summed E-state index contributed by atoms with van der Waals surface area (Å²) in [6.45, 7) is 3.95. The molecule has 3 N–H and O–H groups in total. The molecule has 2 heterocycles. The van der Waals surface area contributed by atoms with E-state index in [1.807, 2.05) is 0 Å². The summed E-state index contributed by atoms with van der Waals surface area (Å²) in [6, 6.07) is 2.42. The quantitative estimate of drug-likeness (QED) is 0.787. The fourth-order valence-electron chi connectivity index (χ4n) is 5.03. The van der Waals surface area contributed by atoms with Crippen LogP contribution in [0.3, 0.4) is 0 Å². The standard InChI is InChI=1S/C19H29N5O.2ClH/c1-2-14-10-16(22-11-21-14)24-7-5-15(6-8-24)23-19(25)17-12-3-4-13(9-12)18(17)20;;/h10-13,15,17-18H,2-9,20H2,1H3,(H,23,25);2*1H. The minimum absolute atomic E-state index is 0. The number of amides is 1. The van der Waals surface area contributed by atoms with E-state index < -0.39 is 0 Å². The number of nitrogens with two attached hydrogens (primary N) is 1. The van der Waals surface area contributed by atoms with Crippen LogP contribution < -0.4 is 16.0 Å². The van der Waals surface area contributed by atoms with E-state index in [9.17, 15) is 4.79 Å². The number of nitrogens with zero attached hydrogens (tertiary/aromatic N) is 3. The maximum absolute atomic E-state index is 12.7. The molecule has 4 unspecified atom stereocenters. The Bertz CT molecular complexity index is 636. The third-order valence-corrected chi connectivity index (χ3v) is 6.52. The van der Waals surface area contributed by atoms with Crippen molar-refractivity contribution in [3.8, 4) is 0 Å². The zero-order valence-corrected chi connectivity index (χ0v) is 17.5. The number of carbonyl (C=O) groups is 1. The molecule has 2 bridgehead atoms. The summed E-state index contributed by atoms with van der Waals surface area (Å²) < 4.78 is 0. The number of rotatable bonds is 4. The molecule has 0 radical (unpaired) electrons. The van der Waals surface area contributed by atoms with E-state index in [1.165, 1.54) is 12.8 Å². The second-order valence-electron chi connectivity index (χ2n) is 7.93. The van der Waals surface area contributed by atoms with Gasteiger partial charge in [-0.15, -0.1) is 24.8 Å². The van der Waals surface area contributed by atoms with Gasteiger partial charge in [-0.05, 0) is 50.4 Å². The van der Waals surface area contributed by atoms with Gasteiger partial charge in [0.05, 0.1) is 5.92 Å². The number of aryl methyl sites for hydroxylation is 1. The van der Waals surface area contributed by atoms with Gasteiger partial charge in [-0.3, -0.25) is 4.79 Å². The van der Waals surface area contributed by atoms with E-state index in [0.29, 0.717) is 11.8 Å². The Labute approximate surface area is 173 Å². The topological polar surface area (TPSA) is 84.1 Å². The highest BCUT2D eigenvalue weighted by molar-refractivity contribution is 5.85. The Kier molecular flexibility index (Phi) is 7.72. The highest BCUT2D eigenvalue weighted by Crippen LogP contribution is 2.47. The summed E-state index contributed by atoms with van der Waals surface area (Å²) in [4.78, 5) is 23.7. The first kappa shape index (κ1) is 22.2. The fraction of sp³-hybridized carbons (Fsp3) is 0.737. The van der Waals surface area contributed by atoms with E-state index in [-0.39, 0.29) is 48.7 Å². The summed E-state index contributed by atoms with van der Waals surface area (Å²) in [6.07, 6.45) is 8.06. The van der Waals surface area contributed by atoms with Crippen LogP contribution in [0.4, 0.5) is 5.82 Å². The van der Waals surface area contributed by atoms with E-state index >= 15 is 0 Å². The second-order valence-corrected chi connectivity index (χ2v) is 7.93. The van der Waals surface area contributed by atoms with Gasteiger partial charge < -0.3 is 16.0 Å². The van der Waals surface area contributed by atoms with Crippen LogP contribution >= 0.6 is 24.8 Å². The van der Waals surface area contributed by atoms with Crippen molar-refractivity contribution in [1.29, 1.82) is 0 Å². The van der Waals surface area contributed by atoms with E-state index in [1.54, 1.807) is 6.33 Å². The molecule has 4 atom stereocenters. The van der Waals surface area contributed by atoms with Gasteiger partial charge >= 0.3 is 0 Å². The zero-order valence-electron chi connectivity index (χ0n) is 15.8. The highest BCUT2D eigenvalue weighted by Gasteiger charge is 2.49. The zero-order chi connectivity index (χ0) is 17.4. The average molecular weight is 416 g/mol. The van der Waals surface area contributed by atoms with Crippen molar-refractivity contribution in [2.75, 3.05) is 18.0 Å². The predicted molar refractivity (Wildman–Crippen MR) is 112 cm³/mol. The normalized spacial score (nSPS) is 29.8. The lowest BCUT2D eigenvalue weighted by atomic mass is 9.84. The molecule has 1 aromatic heterocycles. The number of halogens is 2. The van der Waals surface area contributed by atoms with Gasteiger partial charge in [0.25, 0.3) is 0 Å². The number of piperidine rings is 1. The van der Waals surface area contributed by atoms with Crippen molar-refractivity contribution in [3.05, 3.63) is 18.1 Å². The molecule has 8 heteroatoms. The SMILES string of the molecule is CCc1cc(N2CCC(NC(=O)C3C4CCC(C4)C3N)CC2)ncn1.Cl.Cl. The van der Waals surface area contributed by atoms with Crippen LogP contribution in [-0.2, 0) is 11.2 Å². The van der Waals surface area contributed by atoms with Gasteiger partial charge in [0.15, 0.2) is 0 Å². The molecular formula is C19H31Cl2N5O. The lowest BCUT2D eigenvalue weighted by Crippen LogP contribution is -2.51. The summed E-state index contributed by atoms with van der Waals surface area (Å²) >= 11 is 0. The molecule has 1 aliphatic heterocycles. The van der Waals surface area contributed by atoms with Crippen LogP contribution in [0.2, 0.25) is 0 Å². The minimum atomic E-state index is 0. The molecule has 1 aromatic rings. The molecule has 2 saturated carbocycles. The highest BCUT2D eigenvalue weighted by atomic mass is 35.5. The van der Waals surface area contributed by atoms with Crippen molar-refractivity contribution in [2.24, 2.45) is 23.5 Å². The van der Waals surface area contributed by atoms with Crippen molar-refractivity contribution < 1.29 is 4.79 Å². The van der Waals surface area contributed by atoms with Gasteiger partial charge in [0, 0.05) is 36.9 Å². The molecule has 2 aliphatic carbocycles. The Morgan fingerprint density at radius 2 is 1.89 bits per heavy atom. The number of hydrogen-bond donors (Lipinski definition) is 2. The maximum Gasteiger partial charge on any atom is 0.225 e. The molecule has 1 amide bonds. The number of hydrogen-bond acceptors (Lipinski definition) is 5. The largest absolute Gasteiger partial charge is 0.356 e. The lowest BCUT2D eigenvalue weighted by Gasteiger charge is -2.35. The first-order valence-electron chi connectivity index (χ1n) is 9.77. The third kappa shape index (κ3) is 4.49. The van der Waals surface area contributed by atoms with Crippen LogP contribution in [0, 0.1) is 17.8 Å². The van der Waals surface area contributed by atoms with Crippen molar-refractivity contribution in [1.82, 2.24) is 15.3 Å². The number of anilines is 1. The smallest absolute Gasteiger partial charge is 0.225 e. The molecule has 1 saturated heterocycles. The Hall–Kier alpha value is -1.11. The van der Waals surface area contributed by atoms with Gasteiger partial charge in [-0.1, -0.05) is 6.92 Å². The van der Waals surface area contributed by atoms with Gasteiger partial charge in [0.1, 0.15) is 12.1 Å². The van der Waals surface area contributed by atoms with Crippen molar-refractivity contribution in [2.45, 2.75) is 57.5 Å². The first-order valence-corrected chi connectivity index (χ1v) is 9.77. The molecule has 3 fully saturated rings. The lowest BCUT2D eigenvalue weighted by molar-refractivity contribution is -0.127. The average Bonchev–Trinajstić information content (AvgIpc) is 3.23. The second kappa shape index (κ2) is 9.39. The molecule has 4 rings (SSSR count). The van der Waals surface area contributed by atoms with Crippen LogP contribution in [-0.4, -0.2) is 41.0 Å². The Morgan fingerprint density at radius 1 is 1.19 bits per heavy atom. The number of nitrogens with one attached hydrogen (secondary N) is 1. The minimum Gasteiger partial charge on any atom is -0.356 e. The molecule has 6 nitrogen and oxygen atoms in total.